The van der Waals surface area contributed by atoms with E-state index in [1.54, 1.807) is 6.07 Å². The highest BCUT2D eigenvalue weighted by Crippen LogP contribution is 2.39. The largest absolute Gasteiger partial charge is 0.481 e. The Morgan fingerprint density at radius 1 is 0.980 bits per heavy atom. The molecule has 3 N–H and O–H groups in total. The number of halogens is 1. The van der Waals surface area contributed by atoms with Crippen LogP contribution in [0.5, 0.6) is 0 Å². The summed E-state index contributed by atoms with van der Waals surface area (Å²) in [5.74, 6) is -0.901. The van der Waals surface area contributed by atoms with Crippen molar-refractivity contribution in [3.05, 3.63) is 111 Å². The summed E-state index contributed by atoms with van der Waals surface area (Å²) < 4.78 is 13.4. The molecule has 1 aliphatic rings. The summed E-state index contributed by atoms with van der Waals surface area (Å²) in [5, 5.41) is 23.2. The first-order valence-corrected chi connectivity index (χ1v) is 16.4. The molecule has 3 aromatic heterocycles. The molecule has 4 heterocycles. The Kier molecular flexibility index (Phi) is 8.62. The van der Waals surface area contributed by atoms with Gasteiger partial charge in [-0.05, 0) is 85.0 Å². The lowest BCUT2D eigenvalue weighted by Crippen LogP contribution is -2.22. The zero-order valence-electron chi connectivity index (χ0n) is 27.0. The number of carboxylic acid groups (broad SMARTS) is 1. The number of carbonyl (C=O) groups is 2. The number of rotatable bonds is 9. The van der Waals surface area contributed by atoms with Crippen LogP contribution in [-0.4, -0.2) is 51.3 Å². The summed E-state index contributed by atoms with van der Waals surface area (Å²) in [4.78, 5) is 39.6. The second-order valence-corrected chi connectivity index (χ2v) is 12.9. The first-order valence-electron chi connectivity index (χ1n) is 16.0. The minimum Gasteiger partial charge on any atom is -0.481 e. The molecule has 7 rings (SSSR count). The topological polar surface area (TPSA) is 138 Å². The second-order valence-electron chi connectivity index (χ2n) is 12.5. The van der Waals surface area contributed by atoms with E-state index in [4.69, 9.17) is 20.4 Å². The Bertz CT molecular complexity index is 2320. The highest BCUT2D eigenvalue weighted by atomic mass is 35.5. The molecule has 0 radical (unpaired) electrons. The number of aliphatic hydroxyl groups excluding tert-OH is 1. The monoisotopic (exact) mass is 679 g/mol. The molecule has 0 saturated carbocycles. The third kappa shape index (κ3) is 6.14. The molecule has 1 fully saturated rings. The van der Waals surface area contributed by atoms with Crippen LogP contribution in [0.1, 0.15) is 33.7 Å². The SMILES string of the molecule is Cc1c(NC(=O)c2cc3c(=O)n(CCO)ccc3o2)cccc1-c1cccc(-c2cc3cc(CN4CC[C@@H](C(=O)O)C4)cc(Cl)c3o2)c1C. The van der Waals surface area contributed by atoms with Gasteiger partial charge < -0.3 is 28.9 Å². The molecule has 1 saturated heterocycles. The molecular weight excluding hydrogens is 646 g/mol. The number of aromatic nitrogens is 1. The number of carbonyl (C=O) groups excluding carboxylic acids is 1. The molecule has 0 spiro atoms. The maximum atomic E-state index is 13.3. The molecule has 0 unspecified atom stereocenters. The highest BCUT2D eigenvalue weighted by Gasteiger charge is 2.28. The minimum atomic E-state index is -0.754. The van der Waals surface area contributed by atoms with Crippen molar-refractivity contribution in [3.8, 4) is 22.5 Å². The van der Waals surface area contributed by atoms with Crippen LogP contribution >= 0.6 is 11.6 Å². The number of hydrogen-bond donors (Lipinski definition) is 3. The van der Waals surface area contributed by atoms with Crippen LogP contribution in [0.25, 0.3) is 44.4 Å². The number of benzene rings is 3. The Balaban J connectivity index is 1.15. The minimum absolute atomic E-state index is 0.00779. The van der Waals surface area contributed by atoms with Crippen molar-refractivity contribution in [2.75, 3.05) is 25.0 Å². The Morgan fingerprint density at radius 2 is 1.73 bits per heavy atom. The molecule has 49 heavy (non-hydrogen) atoms. The summed E-state index contributed by atoms with van der Waals surface area (Å²) in [7, 11) is 0. The molecule has 1 amide bonds. The van der Waals surface area contributed by atoms with Gasteiger partial charge in [0, 0.05) is 48.5 Å². The van der Waals surface area contributed by atoms with Crippen molar-refractivity contribution < 1.29 is 28.6 Å². The van der Waals surface area contributed by atoms with Gasteiger partial charge in [0.15, 0.2) is 11.3 Å². The number of furan rings is 2. The average Bonchev–Trinajstić information content (AvgIpc) is 3.83. The Morgan fingerprint density at radius 3 is 2.49 bits per heavy atom. The van der Waals surface area contributed by atoms with Gasteiger partial charge in [-0.3, -0.25) is 19.3 Å². The van der Waals surface area contributed by atoms with Crippen molar-refractivity contribution in [3.63, 3.8) is 0 Å². The van der Waals surface area contributed by atoms with Crippen LogP contribution in [0.2, 0.25) is 5.02 Å². The zero-order valence-corrected chi connectivity index (χ0v) is 27.7. The number of nitrogens with zero attached hydrogens (tertiary/aromatic N) is 2. The van der Waals surface area contributed by atoms with Crippen molar-refractivity contribution >= 4 is 51.1 Å². The lowest BCUT2D eigenvalue weighted by molar-refractivity contribution is -0.141. The van der Waals surface area contributed by atoms with Crippen molar-refractivity contribution in [1.29, 1.82) is 0 Å². The van der Waals surface area contributed by atoms with E-state index in [9.17, 15) is 24.6 Å². The number of aliphatic hydroxyl groups is 1. The molecule has 0 bridgehead atoms. The fraction of sp³-hybridized carbons (Fsp3) is 0.237. The van der Waals surface area contributed by atoms with E-state index >= 15 is 0 Å². The second kappa shape index (κ2) is 13.0. The number of pyridine rings is 1. The fourth-order valence-corrected chi connectivity index (χ4v) is 7.03. The molecule has 11 heteroatoms. The number of fused-ring (bicyclic) bond motifs is 2. The average molecular weight is 680 g/mol. The van der Waals surface area contributed by atoms with Gasteiger partial charge in [-0.15, -0.1) is 0 Å². The zero-order chi connectivity index (χ0) is 34.4. The predicted molar refractivity (Wildman–Crippen MR) is 188 cm³/mol. The van der Waals surface area contributed by atoms with E-state index in [1.807, 2.05) is 68.4 Å². The van der Waals surface area contributed by atoms with E-state index in [2.05, 4.69) is 10.2 Å². The van der Waals surface area contributed by atoms with Gasteiger partial charge in [0.2, 0.25) is 0 Å². The van der Waals surface area contributed by atoms with E-state index in [1.165, 1.54) is 16.8 Å². The van der Waals surface area contributed by atoms with Gasteiger partial charge in [-0.25, -0.2) is 0 Å². The smallest absolute Gasteiger partial charge is 0.307 e. The van der Waals surface area contributed by atoms with Crippen molar-refractivity contribution in [1.82, 2.24) is 9.47 Å². The molecule has 10 nitrogen and oxygen atoms in total. The summed E-state index contributed by atoms with van der Waals surface area (Å²) in [6.07, 6.45) is 2.17. The van der Waals surface area contributed by atoms with Gasteiger partial charge in [0.25, 0.3) is 11.5 Å². The van der Waals surface area contributed by atoms with Crippen molar-refractivity contribution in [2.45, 2.75) is 33.4 Å². The van der Waals surface area contributed by atoms with Gasteiger partial charge in [-0.2, -0.15) is 0 Å². The number of aliphatic carboxylic acids is 1. The molecule has 0 aliphatic carbocycles. The van der Waals surface area contributed by atoms with Crippen molar-refractivity contribution in [2.24, 2.45) is 5.92 Å². The van der Waals surface area contributed by atoms with E-state index in [-0.39, 0.29) is 35.8 Å². The Labute approximate surface area is 286 Å². The van der Waals surface area contributed by atoms with E-state index in [0.29, 0.717) is 47.1 Å². The van der Waals surface area contributed by atoms with Gasteiger partial charge in [0.05, 0.1) is 22.9 Å². The van der Waals surface area contributed by atoms with Gasteiger partial charge in [-0.1, -0.05) is 41.9 Å². The molecule has 3 aromatic carbocycles. The number of hydrogen-bond acceptors (Lipinski definition) is 7. The number of nitrogens with one attached hydrogen (secondary N) is 1. The summed E-state index contributed by atoms with van der Waals surface area (Å²) >= 11 is 6.70. The number of anilines is 1. The predicted octanol–water partition coefficient (Wildman–Crippen LogP) is 7.10. The summed E-state index contributed by atoms with van der Waals surface area (Å²) in [5.41, 5.74) is 6.77. The summed E-state index contributed by atoms with van der Waals surface area (Å²) in [6, 6.07) is 20.6. The lowest BCUT2D eigenvalue weighted by Gasteiger charge is -2.15. The maximum Gasteiger partial charge on any atom is 0.307 e. The quantitative estimate of drug-likeness (QED) is 0.147. The molecule has 250 valence electrons. The van der Waals surface area contributed by atoms with Crippen LogP contribution in [0, 0.1) is 19.8 Å². The number of amides is 1. The number of likely N-dealkylation sites (tertiary alicyclic amines) is 1. The standard InChI is InChI=1S/C38H34ClN3O7/c1-21-26(27-6-4-8-31(22(27)2)40-36(44)34-18-29-32(48-34)10-12-42(13-14-43)37(29)45)5-3-7-28(21)33-17-25-15-23(16-30(39)35(25)49-33)19-41-11-9-24(20-41)38(46)47/h3-8,10,12,15-18,24,43H,9,11,13-14,19-20H2,1-2H3,(H,40,44)(H,46,47)/t24-/m1/s1. The Hall–Kier alpha value is -5.16. The molecular formula is C38H34ClN3O7. The normalized spacial score (nSPS) is 15.0. The lowest BCUT2D eigenvalue weighted by atomic mass is 9.92. The first-order chi connectivity index (χ1) is 23.6. The molecule has 1 atom stereocenters. The molecule has 6 aromatic rings. The van der Waals surface area contributed by atoms with E-state index < -0.39 is 11.9 Å². The van der Waals surface area contributed by atoms with Crippen LogP contribution in [0.3, 0.4) is 0 Å². The number of carboxylic acids is 1. The van der Waals surface area contributed by atoms with Crippen LogP contribution in [-0.2, 0) is 17.9 Å². The highest BCUT2D eigenvalue weighted by molar-refractivity contribution is 6.35. The fourth-order valence-electron chi connectivity index (χ4n) is 6.74. The van der Waals surface area contributed by atoms with Crippen LogP contribution in [0.15, 0.2) is 86.6 Å². The van der Waals surface area contributed by atoms with E-state index in [0.717, 1.165) is 45.3 Å². The third-order valence-electron chi connectivity index (χ3n) is 9.35. The van der Waals surface area contributed by atoms with Gasteiger partial charge >= 0.3 is 5.97 Å². The summed E-state index contributed by atoms with van der Waals surface area (Å²) in [6.45, 7) is 5.79. The van der Waals surface area contributed by atoms with Gasteiger partial charge in [0.1, 0.15) is 11.3 Å². The third-order valence-corrected chi connectivity index (χ3v) is 9.63. The first kappa shape index (κ1) is 32.4. The maximum absolute atomic E-state index is 13.3. The van der Waals surface area contributed by atoms with Crippen LogP contribution in [0.4, 0.5) is 5.69 Å². The molecule has 1 aliphatic heterocycles. The van der Waals surface area contributed by atoms with Crippen LogP contribution < -0.4 is 10.9 Å².